The minimum atomic E-state index is -0.510. The maximum Gasteiger partial charge on any atom is 0.187 e. The predicted octanol–water partition coefficient (Wildman–Crippen LogP) is 4.88. The Morgan fingerprint density at radius 3 is 2.03 bits per heavy atom. The summed E-state index contributed by atoms with van der Waals surface area (Å²) >= 11 is 3.63. The second-order valence-corrected chi connectivity index (χ2v) is 12.5. The van der Waals surface area contributed by atoms with Crippen molar-refractivity contribution < 1.29 is 28.8 Å². The normalized spacial score (nSPS) is 35.5. The Labute approximate surface area is 197 Å². The van der Waals surface area contributed by atoms with Crippen LogP contribution in [0.15, 0.2) is 0 Å². The topological polar surface area (TPSA) is 66.4 Å². The zero-order chi connectivity index (χ0) is 23.4. The third-order valence-corrected chi connectivity index (χ3v) is 8.70. The van der Waals surface area contributed by atoms with Crippen LogP contribution in [-0.2, 0) is 23.7 Å². The van der Waals surface area contributed by atoms with Gasteiger partial charge in [0.25, 0.3) is 0 Å². The van der Waals surface area contributed by atoms with Gasteiger partial charge in [-0.25, -0.2) is 0 Å². The molecule has 3 rings (SSSR count). The summed E-state index contributed by atoms with van der Waals surface area (Å²) in [4.78, 5) is 0. The molecule has 0 amide bonds. The average molecular weight is 481 g/mol. The van der Waals surface area contributed by atoms with E-state index in [-0.39, 0.29) is 35.1 Å². The number of aliphatic hydroxyl groups is 1. The number of rotatable bonds is 8. The Kier molecular flexibility index (Phi) is 10.5. The number of hydrogen-bond acceptors (Lipinski definition) is 8. The highest BCUT2D eigenvalue weighted by Crippen LogP contribution is 2.41. The van der Waals surface area contributed by atoms with Crippen molar-refractivity contribution in [2.45, 2.75) is 116 Å². The van der Waals surface area contributed by atoms with Crippen LogP contribution in [0.5, 0.6) is 0 Å². The van der Waals surface area contributed by atoms with Crippen molar-refractivity contribution in [1.29, 1.82) is 0 Å². The summed E-state index contributed by atoms with van der Waals surface area (Å²) in [5.41, 5.74) is 0. The molecule has 0 saturated carbocycles. The van der Waals surface area contributed by atoms with Gasteiger partial charge in [-0.3, -0.25) is 0 Å². The van der Waals surface area contributed by atoms with Crippen molar-refractivity contribution in [3.63, 3.8) is 0 Å². The van der Waals surface area contributed by atoms with Crippen LogP contribution < -0.4 is 0 Å². The lowest BCUT2D eigenvalue weighted by Crippen LogP contribution is -2.37. The number of hydrogen-bond donors (Lipinski definition) is 1. The van der Waals surface area contributed by atoms with Gasteiger partial charge in [-0.2, -0.15) is 0 Å². The summed E-state index contributed by atoms with van der Waals surface area (Å²) in [6.45, 7) is 18.9. The molecule has 3 fully saturated rings. The molecule has 0 spiro atoms. The van der Waals surface area contributed by atoms with Gasteiger partial charge in [-0.05, 0) is 45.6 Å². The number of fused-ring (bicyclic) bond motifs is 1. The molecule has 3 saturated heterocycles. The standard InChI is InChI=1S/C13H26O3S2.C10H18O3/c1-6-17-12(18-7-2)11(14)9(3)10-8-15-13(4,5)16-10;1-5-7-6(2)8-9(11-7)13-10(3,4)12-8/h9-12,14H,6-8H2,1-5H3;6-9H,5H2,1-4H3/t9-,10+,11+;6-,7-,8?,9-/m01/s1. The van der Waals surface area contributed by atoms with Crippen LogP contribution in [0, 0.1) is 11.8 Å². The molecule has 0 bridgehead atoms. The Balaban J connectivity index is 0.000000231. The van der Waals surface area contributed by atoms with E-state index in [1.165, 1.54) is 0 Å². The predicted molar refractivity (Wildman–Crippen MR) is 128 cm³/mol. The Bertz CT molecular complexity index is 534. The van der Waals surface area contributed by atoms with Gasteiger partial charge in [-0.15, -0.1) is 23.5 Å². The smallest absolute Gasteiger partial charge is 0.187 e. The molecule has 0 aliphatic carbocycles. The summed E-state index contributed by atoms with van der Waals surface area (Å²) in [7, 11) is 0. The fraction of sp³-hybridized carbons (Fsp3) is 1.00. The van der Waals surface area contributed by atoms with Gasteiger partial charge in [0.1, 0.15) is 6.10 Å². The molecular weight excluding hydrogens is 436 g/mol. The first kappa shape index (κ1) is 27.7. The van der Waals surface area contributed by atoms with Crippen LogP contribution in [0.25, 0.3) is 0 Å². The van der Waals surface area contributed by atoms with Gasteiger partial charge in [0, 0.05) is 11.8 Å². The van der Waals surface area contributed by atoms with E-state index in [1.807, 2.05) is 51.2 Å². The van der Waals surface area contributed by atoms with Crippen LogP contribution in [-0.4, -0.2) is 70.1 Å². The summed E-state index contributed by atoms with van der Waals surface area (Å²) in [6.07, 6.45) is 0.942. The molecular formula is C23H44O6S2. The zero-order valence-corrected chi connectivity index (χ0v) is 22.4. The lowest BCUT2D eigenvalue weighted by Gasteiger charge is -2.30. The molecule has 1 N–H and O–H groups in total. The van der Waals surface area contributed by atoms with E-state index < -0.39 is 11.6 Å². The van der Waals surface area contributed by atoms with E-state index in [9.17, 15) is 5.11 Å². The fourth-order valence-electron chi connectivity index (χ4n) is 4.21. The molecule has 7 atom stereocenters. The maximum absolute atomic E-state index is 10.5. The van der Waals surface area contributed by atoms with Crippen molar-refractivity contribution in [1.82, 2.24) is 0 Å². The molecule has 0 aromatic carbocycles. The van der Waals surface area contributed by atoms with Crippen molar-refractivity contribution >= 4 is 23.5 Å². The van der Waals surface area contributed by atoms with Crippen LogP contribution >= 0.6 is 23.5 Å². The summed E-state index contributed by atoms with van der Waals surface area (Å²) in [5, 5.41) is 10.5. The maximum atomic E-state index is 10.5. The molecule has 6 nitrogen and oxygen atoms in total. The Hall–Kier alpha value is 0.460. The van der Waals surface area contributed by atoms with E-state index >= 15 is 0 Å². The van der Waals surface area contributed by atoms with Crippen LogP contribution in [0.3, 0.4) is 0 Å². The highest BCUT2D eigenvalue weighted by atomic mass is 32.2. The molecule has 0 aromatic rings. The van der Waals surface area contributed by atoms with Crippen molar-refractivity contribution in [2.24, 2.45) is 11.8 Å². The highest BCUT2D eigenvalue weighted by molar-refractivity contribution is 8.17. The quantitative estimate of drug-likeness (QED) is 0.493. The van der Waals surface area contributed by atoms with E-state index in [0.717, 1.165) is 17.9 Å². The van der Waals surface area contributed by atoms with Gasteiger partial charge in [0.15, 0.2) is 17.9 Å². The van der Waals surface area contributed by atoms with Gasteiger partial charge >= 0.3 is 0 Å². The molecule has 3 aliphatic rings. The Morgan fingerprint density at radius 2 is 1.58 bits per heavy atom. The lowest BCUT2D eigenvalue weighted by atomic mass is 9.99. The molecule has 184 valence electrons. The highest BCUT2D eigenvalue weighted by Gasteiger charge is 2.52. The first-order chi connectivity index (χ1) is 14.4. The fourth-order valence-corrected chi connectivity index (χ4v) is 6.96. The van der Waals surface area contributed by atoms with E-state index in [0.29, 0.717) is 18.6 Å². The molecule has 8 heteroatoms. The molecule has 0 radical (unpaired) electrons. The average Bonchev–Trinajstić information content (AvgIpc) is 3.31. The van der Waals surface area contributed by atoms with Crippen LogP contribution in [0.1, 0.15) is 68.7 Å². The second-order valence-electron chi connectivity index (χ2n) is 9.41. The van der Waals surface area contributed by atoms with Crippen LogP contribution in [0.4, 0.5) is 0 Å². The monoisotopic (exact) mass is 480 g/mol. The van der Waals surface area contributed by atoms with Gasteiger partial charge < -0.3 is 28.8 Å². The van der Waals surface area contributed by atoms with Crippen molar-refractivity contribution in [2.75, 3.05) is 18.1 Å². The largest absolute Gasteiger partial charge is 0.391 e. The summed E-state index contributed by atoms with van der Waals surface area (Å²) < 4.78 is 28.8. The number of ether oxygens (including phenoxy) is 5. The molecule has 3 heterocycles. The van der Waals surface area contributed by atoms with E-state index in [2.05, 4.69) is 34.6 Å². The summed E-state index contributed by atoms with van der Waals surface area (Å²) in [5.74, 6) is 1.60. The number of thioether (sulfide) groups is 2. The lowest BCUT2D eigenvalue weighted by molar-refractivity contribution is -0.209. The minimum absolute atomic E-state index is 0.00703. The first-order valence-electron chi connectivity index (χ1n) is 11.7. The van der Waals surface area contributed by atoms with Gasteiger partial charge in [0.2, 0.25) is 0 Å². The third kappa shape index (κ3) is 7.47. The third-order valence-electron chi connectivity index (χ3n) is 6.00. The van der Waals surface area contributed by atoms with Crippen LogP contribution in [0.2, 0.25) is 0 Å². The van der Waals surface area contributed by atoms with Crippen molar-refractivity contribution in [3.05, 3.63) is 0 Å². The van der Waals surface area contributed by atoms with Gasteiger partial charge in [-0.1, -0.05) is 34.6 Å². The summed E-state index contributed by atoms with van der Waals surface area (Å²) in [6, 6.07) is 0. The second kappa shape index (κ2) is 11.7. The molecule has 3 aliphatic heterocycles. The number of aliphatic hydroxyl groups excluding tert-OH is 1. The van der Waals surface area contributed by atoms with Gasteiger partial charge in [0.05, 0.1) is 29.5 Å². The Morgan fingerprint density at radius 1 is 0.968 bits per heavy atom. The SMILES string of the molecule is CCSC(SCC)[C@H](O)[C@@H](C)[C@H]1COC(C)(C)O1.CC[C@H]1O[C@@H]2OC(C)(C)OC2[C@@H]1C. The van der Waals surface area contributed by atoms with E-state index in [4.69, 9.17) is 23.7 Å². The van der Waals surface area contributed by atoms with E-state index in [1.54, 1.807) is 0 Å². The molecule has 31 heavy (non-hydrogen) atoms. The minimum Gasteiger partial charge on any atom is -0.391 e. The first-order valence-corrected chi connectivity index (χ1v) is 13.8. The molecule has 0 aromatic heterocycles. The molecule has 1 unspecified atom stereocenters. The zero-order valence-electron chi connectivity index (χ0n) is 20.8. The van der Waals surface area contributed by atoms with Crippen molar-refractivity contribution in [3.8, 4) is 0 Å².